The molecule has 0 radical (unpaired) electrons. The van der Waals surface area contributed by atoms with Crippen LogP contribution >= 0.6 is 23.2 Å². The van der Waals surface area contributed by atoms with E-state index in [1.807, 2.05) is 42.3 Å². The quantitative estimate of drug-likeness (QED) is 0.439. The van der Waals surface area contributed by atoms with Crippen LogP contribution in [-0.2, 0) is 30.3 Å². The molecule has 2 heterocycles. The first kappa shape index (κ1) is 30.6. The fraction of sp³-hybridized carbons (Fsp3) is 0.387. The molecule has 0 aromatic heterocycles. The second-order valence-corrected chi connectivity index (χ2v) is 11.0. The Morgan fingerprint density at radius 2 is 1.46 bits per heavy atom. The van der Waals surface area contributed by atoms with Gasteiger partial charge < -0.3 is 24.6 Å². The molecule has 218 valence electrons. The third-order valence-corrected chi connectivity index (χ3v) is 8.19. The number of likely N-dealkylation sites (N-methyl/N-ethyl adjacent to an activating group) is 1. The Morgan fingerprint density at radius 1 is 0.829 bits per heavy atom. The third-order valence-electron chi connectivity index (χ3n) is 7.54. The van der Waals surface area contributed by atoms with Crippen LogP contribution in [0.5, 0.6) is 0 Å². The lowest BCUT2D eigenvalue weighted by Gasteiger charge is -2.33. The molecule has 1 fully saturated rings. The molecule has 0 bridgehead atoms. The van der Waals surface area contributed by atoms with Crippen LogP contribution in [0.15, 0.2) is 71.1 Å². The van der Waals surface area contributed by atoms with E-state index in [1.54, 1.807) is 18.2 Å². The minimum Gasteiger partial charge on any atom is -0.466 e. The Balaban J connectivity index is 1.85. The maximum absolute atomic E-state index is 13.6. The molecule has 10 heteroatoms. The van der Waals surface area contributed by atoms with Gasteiger partial charge >= 0.3 is 11.9 Å². The van der Waals surface area contributed by atoms with Gasteiger partial charge in [-0.1, -0.05) is 59.6 Å². The number of nitrogens with zero attached hydrogens (tertiary/aromatic N) is 2. The first-order chi connectivity index (χ1) is 19.7. The molecule has 2 aliphatic rings. The first-order valence-electron chi connectivity index (χ1n) is 13.6. The van der Waals surface area contributed by atoms with Gasteiger partial charge in [0.15, 0.2) is 0 Å². The number of ether oxygens (including phenoxy) is 2. The second-order valence-electron chi connectivity index (χ2n) is 10.2. The molecule has 4 rings (SSSR count). The van der Waals surface area contributed by atoms with E-state index in [2.05, 4.69) is 10.2 Å². The Morgan fingerprint density at radius 3 is 2.10 bits per heavy atom. The number of hydrogen-bond donors (Lipinski definition) is 1. The predicted octanol–water partition coefficient (Wildman–Crippen LogP) is 4.72. The van der Waals surface area contributed by atoms with Crippen LogP contribution in [0.1, 0.15) is 36.3 Å². The molecular weight excluding hydrogens is 565 g/mol. The van der Waals surface area contributed by atoms with Crippen LogP contribution in [0.2, 0.25) is 10.0 Å². The number of carbonyl (C=O) groups is 3. The fourth-order valence-electron chi connectivity index (χ4n) is 5.40. The van der Waals surface area contributed by atoms with Gasteiger partial charge in [0.1, 0.15) is 0 Å². The molecule has 0 saturated carbocycles. The number of rotatable bonds is 8. The van der Waals surface area contributed by atoms with Gasteiger partial charge in [0.25, 0.3) is 0 Å². The van der Waals surface area contributed by atoms with Gasteiger partial charge in [0, 0.05) is 46.6 Å². The molecule has 1 unspecified atom stereocenters. The average Bonchev–Trinajstić information content (AvgIpc) is 3.20. The normalized spacial score (nSPS) is 18.1. The summed E-state index contributed by atoms with van der Waals surface area (Å²) in [5.41, 5.74) is 2.63. The Kier molecular flexibility index (Phi) is 10.5. The predicted molar refractivity (Wildman–Crippen MR) is 158 cm³/mol. The molecule has 41 heavy (non-hydrogen) atoms. The van der Waals surface area contributed by atoms with Crippen LogP contribution in [0.25, 0.3) is 0 Å². The maximum atomic E-state index is 13.6. The van der Waals surface area contributed by atoms with E-state index in [0.717, 1.165) is 25.1 Å². The summed E-state index contributed by atoms with van der Waals surface area (Å²) in [6.45, 7) is 2.86. The molecule has 2 aromatic carbocycles. The van der Waals surface area contributed by atoms with Crippen molar-refractivity contribution in [1.29, 1.82) is 0 Å². The number of methoxy groups -OCH3 is 2. The summed E-state index contributed by atoms with van der Waals surface area (Å²) in [4.78, 5) is 44.5. The topological polar surface area (TPSA) is 88.2 Å². The van der Waals surface area contributed by atoms with Crippen molar-refractivity contribution in [1.82, 2.24) is 15.1 Å². The summed E-state index contributed by atoms with van der Waals surface area (Å²) in [5, 5.41) is 3.85. The highest BCUT2D eigenvalue weighted by atomic mass is 35.5. The van der Waals surface area contributed by atoms with E-state index in [0.29, 0.717) is 42.9 Å². The summed E-state index contributed by atoms with van der Waals surface area (Å²) in [6, 6.07) is 14.8. The maximum Gasteiger partial charge on any atom is 0.336 e. The van der Waals surface area contributed by atoms with E-state index in [-0.39, 0.29) is 33.5 Å². The van der Waals surface area contributed by atoms with Crippen molar-refractivity contribution in [2.75, 3.05) is 47.4 Å². The van der Waals surface area contributed by atoms with E-state index in [9.17, 15) is 14.4 Å². The number of nitrogens with one attached hydrogen (secondary N) is 1. The van der Waals surface area contributed by atoms with E-state index >= 15 is 0 Å². The minimum atomic E-state index is -1.01. The number of aryl methyl sites for hydroxylation is 1. The molecule has 0 aliphatic carbocycles. The van der Waals surface area contributed by atoms with E-state index < -0.39 is 17.9 Å². The highest BCUT2D eigenvalue weighted by Gasteiger charge is 2.42. The van der Waals surface area contributed by atoms with Crippen molar-refractivity contribution in [2.24, 2.45) is 0 Å². The summed E-state index contributed by atoms with van der Waals surface area (Å²) in [6.07, 6.45) is 1.77. The second kappa shape index (κ2) is 14.0. The number of halogens is 2. The van der Waals surface area contributed by atoms with Crippen LogP contribution in [0.3, 0.4) is 0 Å². The zero-order chi connectivity index (χ0) is 29.5. The van der Waals surface area contributed by atoms with Crippen LogP contribution in [0, 0.1) is 0 Å². The van der Waals surface area contributed by atoms with Gasteiger partial charge in [0.05, 0.1) is 37.7 Å². The number of allylic oxidation sites excluding steroid dienone is 1. The monoisotopic (exact) mass is 599 g/mol. The van der Waals surface area contributed by atoms with Crippen molar-refractivity contribution in [3.8, 4) is 0 Å². The number of dihydropyridines is 1. The van der Waals surface area contributed by atoms with Gasteiger partial charge in [-0.05, 0) is 50.6 Å². The van der Waals surface area contributed by atoms with Gasteiger partial charge in [-0.2, -0.15) is 0 Å². The molecule has 1 N–H and O–H groups in total. The molecule has 1 amide bonds. The average molecular weight is 601 g/mol. The van der Waals surface area contributed by atoms with Gasteiger partial charge in [0.2, 0.25) is 5.91 Å². The standard InChI is InChI=1S/C31H35Cl2N3O5/c1-35-15-8-16-36(18-17-35)25(37)19-24-28(31(39)41-3)29(26-21(32)11-7-12-22(26)33)27(30(38)40-2)23(34-24)14-13-20-9-5-4-6-10-20/h4-7,9-12,29,34H,8,13-19H2,1-3H3. The molecule has 1 atom stereocenters. The third kappa shape index (κ3) is 7.12. The molecule has 0 spiro atoms. The van der Waals surface area contributed by atoms with Crippen molar-refractivity contribution in [3.05, 3.63) is 92.2 Å². The number of benzene rings is 2. The lowest BCUT2D eigenvalue weighted by Crippen LogP contribution is -2.39. The smallest absolute Gasteiger partial charge is 0.336 e. The zero-order valence-corrected chi connectivity index (χ0v) is 25.1. The summed E-state index contributed by atoms with van der Waals surface area (Å²) in [7, 11) is 4.58. The number of hydrogen-bond acceptors (Lipinski definition) is 7. The Labute approximate surface area is 250 Å². The SMILES string of the molecule is COC(=O)C1=C(CCc2ccccc2)NC(CC(=O)N2CCCN(C)CC2)=C(C(=O)OC)C1c1c(Cl)cccc1Cl. The molecule has 1 saturated heterocycles. The lowest BCUT2D eigenvalue weighted by atomic mass is 9.78. The van der Waals surface area contributed by atoms with Crippen molar-refractivity contribution >= 4 is 41.0 Å². The van der Waals surface area contributed by atoms with Crippen molar-refractivity contribution in [3.63, 3.8) is 0 Å². The Hall–Kier alpha value is -3.33. The van der Waals surface area contributed by atoms with Crippen LogP contribution in [-0.4, -0.2) is 75.1 Å². The first-order valence-corrected chi connectivity index (χ1v) is 14.3. The Bertz CT molecular complexity index is 1340. The molecule has 8 nitrogen and oxygen atoms in total. The number of amides is 1. The lowest BCUT2D eigenvalue weighted by molar-refractivity contribution is -0.137. The zero-order valence-electron chi connectivity index (χ0n) is 23.5. The fourth-order valence-corrected chi connectivity index (χ4v) is 6.01. The van der Waals surface area contributed by atoms with Gasteiger partial charge in [-0.25, -0.2) is 9.59 Å². The van der Waals surface area contributed by atoms with E-state index in [1.165, 1.54) is 14.2 Å². The number of carbonyl (C=O) groups excluding carboxylic acids is 3. The number of esters is 2. The largest absolute Gasteiger partial charge is 0.466 e. The molecule has 2 aromatic rings. The highest BCUT2D eigenvalue weighted by Crippen LogP contribution is 2.46. The van der Waals surface area contributed by atoms with E-state index in [4.69, 9.17) is 32.7 Å². The minimum absolute atomic E-state index is 0.0873. The molecular formula is C31H35Cl2N3O5. The summed E-state index contributed by atoms with van der Waals surface area (Å²) < 4.78 is 10.4. The van der Waals surface area contributed by atoms with Crippen molar-refractivity contribution in [2.45, 2.75) is 31.6 Å². The highest BCUT2D eigenvalue weighted by molar-refractivity contribution is 6.36. The van der Waals surface area contributed by atoms with Crippen molar-refractivity contribution < 1.29 is 23.9 Å². The van der Waals surface area contributed by atoms with Gasteiger partial charge in [-0.3, -0.25) is 4.79 Å². The summed E-state index contributed by atoms with van der Waals surface area (Å²) >= 11 is 13.4. The van der Waals surface area contributed by atoms with Gasteiger partial charge in [-0.15, -0.1) is 0 Å². The summed E-state index contributed by atoms with van der Waals surface area (Å²) in [5.74, 6) is -2.47. The van der Waals surface area contributed by atoms with Crippen LogP contribution < -0.4 is 5.32 Å². The molecule has 2 aliphatic heterocycles. The van der Waals surface area contributed by atoms with Crippen LogP contribution in [0.4, 0.5) is 0 Å².